The minimum Gasteiger partial charge on any atom is -0.489 e. The quantitative estimate of drug-likeness (QED) is 0.507. The van der Waals surface area contributed by atoms with Crippen LogP contribution in [-0.4, -0.2) is 23.5 Å². The fourth-order valence-electron chi connectivity index (χ4n) is 2.94. The normalized spacial score (nSPS) is 10.6. The van der Waals surface area contributed by atoms with Gasteiger partial charge in [0.25, 0.3) is 5.91 Å². The molecule has 0 aliphatic carbocycles. The van der Waals surface area contributed by atoms with E-state index in [0.717, 1.165) is 30.0 Å². The predicted octanol–water partition coefficient (Wildman–Crippen LogP) is 4.98. The number of aryl methyl sites for hydroxylation is 1. The first-order valence-corrected chi connectivity index (χ1v) is 9.92. The van der Waals surface area contributed by atoms with E-state index in [1.54, 1.807) is 12.3 Å². The van der Waals surface area contributed by atoms with Gasteiger partial charge in [-0.1, -0.05) is 42.5 Å². The maximum Gasteiger partial charge on any atom is 0.269 e. The monoisotopic (exact) mass is 389 g/mol. The minimum atomic E-state index is -0.173. The summed E-state index contributed by atoms with van der Waals surface area (Å²) < 4.78 is 5.84. The number of ether oxygens (including phenoxy) is 1. The van der Waals surface area contributed by atoms with Crippen LogP contribution in [0.4, 0.5) is 11.4 Å². The summed E-state index contributed by atoms with van der Waals surface area (Å²) in [5.41, 5.74) is 3.29. The molecule has 29 heavy (non-hydrogen) atoms. The molecule has 0 unspecified atom stereocenters. The lowest BCUT2D eigenvalue weighted by Crippen LogP contribution is -2.25. The number of aromatic nitrogens is 1. The molecule has 3 aromatic rings. The van der Waals surface area contributed by atoms with Crippen molar-refractivity contribution >= 4 is 17.3 Å². The SMILES string of the molecule is CC(C)Oc1ccccc1Nc1ccnc(C(=O)NCCCc2ccccc2)c1. The highest BCUT2D eigenvalue weighted by Crippen LogP contribution is 2.28. The molecule has 0 fully saturated rings. The lowest BCUT2D eigenvalue weighted by atomic mass is 10.1. The number of benzene rings is 2. The fourth-order valence-corrected chi connectivity index (χ4v) is 2.94. The Kier molecular flexibility index (Phi) is 7.22. The molecule has 1 heterocycles. The zero-order chi connectivity index (χ0) is 20.5. The van der Waals surface area contributed by atoms with Crippen molar-refractivity contribution in [2.75, 3.05) is 11.9 Å². The number of carbonyl (C=O) groups is 1. The molecule has 0 spiro atoms. The third kappa shape index (κ3) is 6.35. The first-order chi connectivity index (χ1) is 14.1. The maximum atomic E-state index is 12.4. The summed E-state index contributed by atoms with van der Waals surface area (Å²) in [5, 5.41) is 6.26. The standard InChI is InChI=1S/C24H27N3O2/c1-18(2)29-23-13-7-6-12-21(23)27-20-14-16-25-22(17-20)24(28)26-15-8-11-19-9-4-3-5-10-19/h3-7,9-10,12-14,16-18H,8,11,15H2,1-2H3,(H,25,27)(H,26,28). The van der Waals surface area contributed by atoms with E-state index in [2.05, 4.69) is 27.8 Å². The van der Waals surface area contributed by atoms with Crippen LogP contribution in [0.2, 0.25) is 0 Å². The zero-order valence-electron chi connectivity index (χ0n) is 16.9. The molecule has 0 saturated carbocycles. The average molecular weight is 389 g/mol. The molecule has 0 saturated heterocycles. The number of nitrogens with one attached hydrogen (secondary N) is 2. The highest BCUT2D eigenvalue weighted by atomic mass is 16.5. The van der Waals surface area contributed by atoms with E-state index >= 15 is 0 Å². The summed E-state index contributed by atoms with van der Waals surface area (Å²) in [4.78, 5) is 16.7. The average Bonchev–Trinajstić information content (AvgIpc) is 2.73. The molecule has 0 aliphatic heterocycles. The number of carbonyl (C=O) groups excluding carboxylic acids is 1. The van der Waals surface area contributed by atoms with Crippen LogP contribution in [0, 0.1) is 0 Å². The smallest absolute Gasteiger partial charge is 0.269 e. The van der Waals surface area contributed by atoms with Crippen LogP contribution in [0.25, 0.3) is 0 Å². The summed E-state index contributed by atoms with van der Waals surface area (Å²) in [6.45, 7) is 4.59. The van der Waals surface area contributed by atoms with Crippen molar-refractivity contribution in [3.8, 4) is 5.75 Å². The van der Waals surface area contributed by atoms with Crippen molar-refractivity contribution in [3.63, 3.8) is 0 Å². The van der Waals surface area contributed by atoms with Gasteiger partial charge in [0.2, 0.25) is 0 Å². The maximum absolute atomic E-state index is 12.4. The molecule has 3 rings (SSSR count). The molecule has 0 bridgehead atoms. The Hall–Kier alpha value is -3.34. The van der Waals surface area contributed by atoms with Crippen molar-refractivity contribution in [3.05, 3.63) is 84.2 Å². The molecule has 2 aromatic carbocycles. The van der Waals surface area contributed by atoms with Crippen molar-refractivity contribution in [1.82, 2.24) is 10.3 Å². The number of hydrogen-bond acceptors (Lipinski definition) is 4. The lowest BCUT2D eigenvalue weighted by Gasteiger charge is -2.15. The third-order valence-electron chi connectivity index (χ3n) is 4.29. The molecule has 5 nitrogen and oxygen atoms in total. The van der Waals surface area contributed by atoms with Gasteiger partial charge in [0, 0.05) is 18.4 Å². The van der Waals surface area contributed by atoms with E-state index in [-0.39, 0.29) is 12.0 Å². The van der Waals surface area contributed by atoms with E-state index < -0.39 is 0 Å². The number of anilines is 2. The fraction of sp³-hybridized carbons (Fsp3) is 0.250. The Morgan fingerprint density at radius 1 is 1.03 bits per heavy atom. The van der Waals surface area contributed by atoms with Crippen molar-refractivity contribution < 1.29 is 9.53 Å². The van der Waals surface area contributed by atoms with Gasteiger partial charge in [0.05, 0.1) is 11.8 Å². The second-order valence-corrected chi connectivity index (χ2v) is 7.06. The summed E-state index contributed by atoms with van der Waals surface area (Å²) in [6.07, 6.45) is 3.52. The molecular weight excluding hydrogens is 362 g/mol. The van der Waals surface area contributed by atoms with Crippen LogP contribution in [0.3, 0.4) is 0 Å². The summed E-state index contributed by atoms with van der Waals surface area (Å²) in [7, 11) is 0. The van der Waals surface area contributed by atoms with Crippen LogP contribution < -0.4 is 15.4 Å². The Balaban J connectivity index is 1.57. The number of hydrogen-bond donors (Lipinski definition) is 2. The third-order valence-corrected chi connectivity index (χ3v) is 4.29. The van der Waals surface area contributed by atoms with Gasteiger partial charge in [-0.3, -0.25) is 9.78 Å². The van der Waals surface area contributed by atoms with Gasteiger partial charge in [-0.15, -0.1) is 0 Å². The molecule has 2 N–H and O–H groups in total. The second-order valence-electron chi connectivity index (χ2n) is 7.06. The van der Waals surface area contributed by atoms with Gasteiger partial charge in [-0.05, 0) is 56.5 Å². The first kappa shape index (κ1) is 20.4. The van der Waals surface area contributed by atoms with Crippen LogP contribution in [-0.2, 0) is 6.42 Å². The molecular formula is C24H27N3O2. The van der Waals surface area contributed by atoms with Gasteiger partial charge in [-0.25, -0.2) is 0 Å². The van der Waals surface area contributed by atoms with Crippen LogP contribution in [0.5, 0.6) is 5.75 Å². The summed E-state index contributed by atoms with van der Waals surface area (Å²) >= 11 is 0. The second kappa shape index (κ2) is 10.3. The Labute approximate surface area is 172 Å². The Bertz CT molecular complexity index is 926. The van der Waals surface area contributed by atoms with Gasteiger partial charge in [0.15, 0.2) is 0 Å². The highest BCUT2D eigenvalue weighted by molar-refractivity contribution is 5.93. The first-order valence-electron chi connectivity index (χ1n) is 9.92. The number of nitrogens with zero attached hydrogens (tertiary/aromatic N) is 1. The molecule has 0 radical (unpaired) electrons. The minimum absolute atomic E-state index is 0.0765. The highest BCUT2D eigenvalue weighted by Gasteiger charge is 2.10. The van der Waals surface area contributed by atoms with Gasteiger partial charge < -0.3 is 15.4 Å². The van der Waals surface area contributed by atoms with Gasteiger partial charge in [0.1, 0.15) is 11.4 Å². The Morgan fingerprint density at radius 2 is 1.79 bits per heavy atom. The van der Waals surface area contributed by atoms with Crippen LogP contribution >= 0.6 is 0 Å². The van der Waals surface area contributed by atoms with Crippen molar-refractivity contribution in [2.45, 2.75) is 32.8 Å². The molecule has 0 aliphatic rings. The van der Waals surface area contributed by atoms with Gasteiger partial charge >= 0.3 is 0 Å². The lowest BCUT2D eigenvalue weighted by molar-refractivity contribution is 0.0948. The number of rotatable bonds is 9. The van der Waals surface area contributed by atoms with Crippen LogP contribution in [0.1, 0.15) is 36.3 Å². The van der Waals surface area contributed by atoms with E-state index in [1.165, 1.54) is 5.56 Å². The predicted molar refractivity (Wildman–Crippen MR) is 117 cm³/mol. The number of amides is 1. The molecule has 1 amide bonds. The van der Waals surface area contributed by atoms with Gasteiger partial charge in [-0.2, -0.15) is 0 Å². The molecule has 1 aromatic heterocycles. The van der Waals surface area contributed by atoms with E-state index in [4.69, 9.17) is 4.74 Å². The molecule has 150 valence electrons. The number of para-hydroxylation sites is 2. The van der Waals surface area contributed by atoms with E-state index in [0.29, 0.717) is 12.2 Å². The topological polar surface area (TPSA) is 63.2 Å². The van der Waals surface area contributed by atoms with Crippen molar-refractivity contribution in [1.29, 1.82) is 0 Å². The number of pyridine rings is 1. The van der Waals surface area contributed by atoms with Crippen molar-refractivity contribution in [2.24, 2.45) is 0 Å². The van der Waals surface area contributed by atoms with E-state index in [1.807, 2.05) is 62.4 Å². The Morgan fingerprint density at radius 3 is 2.59 bits per heavy atom. The summed E-state index contributed by atoms with van der Waals surface area (Å²) in [6, 6.07) is 21.6. The van der Waals surface area contributed by atoms with E-state index in [9.17, 15) is 4.79 Å². The summed E-state index contributed by atoms with van der Waals surface area (Å²) in [5.74, 6) is 0.597. The zero-order valence-corrected chi connectivity index (χ0v) is 16.9. The van der Waals surface area contributed by atoms with Crippen LogP contribution in [0.15, 0.2) is 72.9 Å². The molecule has 5 heteroatoms. The molecule has 0 atom stereocenters. The largest absolute Gasteiger partial charge is 0.489 e.